The molecule has 0 aliphatic heterocycles. The van der Waals surface area contributed by atoms with E-state index in [-0.39, 0.29) is 11.8 Å². The van der Waals surface area contributed by atoms with Gasteiger partial charge in [0.05, 0.1) is 6.61 Å². The normalized spacial score (nSPS) is 11.6. The van der Waals surface area contributed by atoms with Crippen LogP contribution in [0, 0.1) is 5.92 Å². The molecular formula is C15H23N3O3. The second kappa shape index (κ2) is 8.97. The van der Waals surface area contributed by atoms with Crippen molar-refractivity contribution in [2.24, 2.45) is 11.7 Å². The second-order valence-corrected chi connectivity index (χ2v) is 4.69. The monoisotopic (exact) mass is 293 g/mol. The number of carbonyl (C=O) groups excluding carboxylic acids is 2. The van der Waals surface area contributed by atoms with Crippen molar-refractivity contribution >= 4 is 23.4 Å². The first-order valence-electron chi connectivity index (χ1n) is 7.12. The van der Waals surface area contributed by atoms with E-state index in [0.29, 0.717) is 30.9 Å². The number of hydrogen-bond donors (Lipinski definition) is 3. The summed E-state index contributed by atoms with van der Waals surface area (Å²) in [4.78, 5) is 23.1. The third kappa shape index (κ3) is 6.27. The van der Waals surface area contributed by atoms with Crippen LogP contribution in [-0.2, 0) is 9.53 Å². The molecule has 0 bridgehead atoms. The van der Waals surface area contributed by atoms with Crippen LogP contribution in [-0.4, -0.2) is 25.2 Å². The fourth-order valence-corrected chi connectivity index (χ4v) is 1.79. The van der Waals surface area contributed by atoms with Gasteiger partial charge in [0.15, 0.2) is 0 Å². The van der Waals surface area contributed by atoms with E-state index in [1.807, 2.05) is 6.92 Å². The Kier molecular flexibility index (Phi) is 7.25. The topological polar surface area (TPSA) is 93.5 Å². The van der Waals surface area contributed by atoms with Crippen molar-refractivity contribution in [2.45, 2.75) is 26.7 Å². The molecule has 4 N–H and O–H groups in total. The minimum absolute atomic E-state index is 0.0570. The standard InChI is InChI=1S/C15H23N3O3/c1-3-11(10-16)9-14(19)17-12-5-7-13(8-6-12)18-15(20)21-4-2/h5-8,11H,3-4,9-10,16H2,1-2H3,(H,17,19)(H,18,20). The lowest BCUT2D eigenvalue weighted by atomic mass is 10.0. The zero-order valence-corrected chi connectivity index (χ0v) is 12.5. The third-order valence-corrected chi connectivity index (χ3v) is 3.08. The van der Waals surface area contributed by atoms with Gasteiger partial charge in [-0.1, -0.05) is 13.3 Å². The maximum atomic E-state index is 11.8. The molecule has 116 valence electrons. The Bertz CT molecular complexity index is 456. The molecule has 1 aromatic rings. The molecule has 0 heterocycles. The van der Waals surface area contributed by atoms with Crippen LogP contribution in [0.25, 0.3) is 0 Å². The first-order valence-corrected chi connectivity index (χ1v) is 7.12. The van der Waals surface area contributed by atoms with Gasteiger partial charge in [-0.25, -0.2) is 4.79 Å². The summed E-state index contributed by atoms with van der Waals surface area (Å²) in [7, 11) is 0. The number of ether oxygens (including phenoxy) is 1. The minimum atomic E-state index is -0.497. The maximum Gasteiger partial charge on any atom is 0.411 e. The molecule has 0 fully saturated rings. The molecule has 2 amide bonds. The van der Waals surface area contributed by atoms with Crippen LogP contribution in [0.5, 0.6) is 0 Å². The van der Waals surface area contributed by atoms with Crippen LogP contribution in [0.2, 0.25) is 0 Å². The van der Waals surface area contributed by atoms with E-state index in [4.69, 9.17) is 10.5 Å². The largest absolute Gasteiger partial charge is 0.450 e. The molecule has 0 saturated carbocycles. The lowest BCUT2D eigenvalue weighted by Crippen LogP contribution is -2.21. The van der Waals surface area contributed by atoms with E-state index < -0.39 is 6.09 Å². The summed E-state index contributed by atoms with van der Waals surface area (Å²) < 4.78 is 4.78. The number of nitrogens with one attached hydrogen (secondary N) is 2. The van der Waals surface area contributed by atoms with Gasteiger partial charge in [0.1, 0.15) is 0 Å². The van der Waals surface area contributed by atoms with Gasteiger partial charge in [0.25, 0.3) is 0 Å². The van der Waals surface area contributed by atoms with Gasteiger partial charge in [-0.15, -0.1) is 0 Å². The van der Waals surface area contributed by atoms with Gasteiger partial charge >= 0.3 is 6.09 Å². The Hall–Kier alpha value is -2.08. The summed E-state index contributed by atoms with van der Waals surface area (Å²) in [5.74, 6) is 0.146. The summed E-state index contributed by atoms with van der Waals surface area (Å²) in [6.45, 7) is 4.58. The van der Waals surface area contributed by atoms with Crippen LogP contribution < -0.4 is 16.4 Å². The lowest BCUT2D eigenvalue weighted by Gasteiger charge is -2.12. The van der Waals surface area contributed by atoms with Gasteiger partial charge in [0, 0.05) is 17.8 Å². The highest BCUT2D eigenvalue weighted by Crippen LogP contribution is 2.15. The van der Waals surface area contributed by atoms with Gasteiger partial charge in [-0.3, -0.25) is 10.1 Å². The van der Waals surface area contributed by atoms with Crippen LogP contribution in [0.1, 0.15) is 26.7 Å². The molecular weight excluding hydrogens is 270 g/mol. The van der Waals surface area contributed by atoms with Crippen LogP contribution >= 0.6 is 0 Å². The van der Waals surface area contributed by atoms with Crippen LogP contribution in [0.3, 0.4) is 0 Å². The quantitative estimate of drug-likeness (QED) is 0.720. The average molecular weight is 293 g/mol. The van der Waals surface area contributed by atoms with E-state index in [2.05, 4.69) is 10.6 Å². The van der Waals surface area contributed by atoms with Crippen LogP contribution in [0.15, 0.2) is 24.3 Å². The molecule has 1 aromatic carbocycles. The van der Waals surface area contributed by atoms with Gasteiger partial charge < -0.3 is 15.8 Å². The zero-order chi connectivity index (χ0) is 15.7. The Morgan fingerprint density at radius 3 is 2.19 bits per heavy atom. The van der Waals surface area contributed by atoms with Crippen molar-refractivity contribution in [1.29, 1.82) is 0 Å². The van der Waals surface area contributed by atoms with Gasteiger partial charge in [-0.05, 0) is 43.7 Å². The van der Waals surface area contributed by atoms with E-state index in [1.165, 1.54) is 0 Å². The molecule has 6 heteroatoms. The maximum absolute atomic E-state index is 11.8. The Morgan fingerprint density at radius 1 is 1.14 bits per heavy atom. The summed E-state index contributed by atoms with van der Waals surface area (Å²) in [5.41, 5.74) is 6.88. The Balaban J connectivity index is 2.50. The molecule has 21 heavy (non-hydrogen) atoms. The molecule has 1 rings (SSSR count). The van der Waals surface area contributed by atoms with Crippen molar-refractivity contribution in [3.05, 3.63) is 24.3 Å². The number of amides is 2. The first-order chi connectivity index (χ1) is 10.1. The predicted molar refractivity (Wildman–Crippen MR) is 83.2 cm³/mol. The molecule has 0 aliphatic carbocycles. The molecule has 0 spiro atoms. The number of rotatable bonds is 7. The lowest BCUT2D eigenvalue weighted by molar-refractivity contribution is -0.117. The molecule has 0 radical (unpaired) electrons. The molecule has 6 nitrogen and oxygen atoms in total. The number of benzene rings is 1. The predicted octanol–water partition coefficient (Wildman–Crippen LogP) is 2.57. The summed E-state index contributed by atoms with van der Waals surface area (Å²) in [6.07, 6.45) is 0.797. The zero-order valence-electron chi connectivity index (χ0n) is 12.5. The van der Waals surface area contributed by atoms with Crippen molar-refractivity contribution in [2.75, 3.05) is 23.8 Å². The van der Waals surface area contributed by atoms with Crippen molar-refractivity contribution in [3.63, 3.8) is 0 Å². The highest BCUT2D eigenvalue weighted by Gasteiger charge is 2.10. The third-order valence-electron chi connectivity index (χ3n) is 3.08. The second-order valence-electron chi connectivity index (χ2n) is 4.69. The molecule has 1 unspecified atom stereocenters. The number of hydrogen-bond acceptors (Lipinski definition) is 4. The van der Waals surface area contributed by atoms with Crippen LogP contribution in [0.4, 0.5) is 16.2 Å². The Morgan fingerprint density at radius 2 is 1.71 bits per heavy atom. The van der Waals surface area contributed by atoms with Crippen molar-refractivity contribution in [1.82, 2.24) is 0 Å². The highest BCUT2D eigenvalue weighted by molar-refractivity contribution is 5.91. The van der Waals surface area contributed by atoms with E-state index in [1.54, 1.807) is 31.2 Å². The number of nitrogens with two attached hydrogens (primary N) is 1. The molecule has 1 atom stereocenters. The molecule has 0 saturated heterocycles. The SMILES string of the molecule is CCOC(=O)Nc1ccc(NC(=O)CC(CC)CN)cc1. The van der Waals surface area contributed by atoms with Gasteiger partial charge in [-0.2, -0.15) is 0 Å². The number of carbonyl (C=O) groups is 2. The van der Waals surface area contributed by atoms with E-state index in [0.717, 1.165) is 6.42 Å². The van der Waals surface area contributed by atoms with E-state index in [9.17, 15) is 9.59 Å². The fraction of sp³-hybridized carbons (Fsp3) is 0.467. The summed E-state index contributed by atoms with van der Waals surface area (Å²) in [5, 5.41) is 5.39. The molecule has 0 aliphatic rings. The Labute approximate surface area is 125 Å². The molecule has 0 aromatic heterocycles. The average Bonchev–Trinajstić information content (AvgIpc) is 2.47. The summed E-state index contributed by atoms with van der Waals surface area (Å²) in [6, 6.07) is 6.85. The first kappa shape index (κ1) is 17.0. The highest BCUT2D eigenvalue weighted by atomic mass is 16.5. The van der Waals surface area contributed by atoms with Crippen molar-refractivity contribution < 1.29 is 14.3 Å². The minimum Gasteiger partial charge on any atom is -0.450 e. The smallest absolute Gasteiger partial charge is 0.411 e. The fourth-order valence-electron chi connectivity index (χ4n) is 1.79. The van der Waals surface area contributed by atoms with E-state index >= 15 is 0 Å². The van der Waals surface area contributed by atoms with Gasteiger partial charge in [0.2, 0.25) is 5.91 Å². The number of anilines is 2. The van der Waals surface area contributed by atoms with Crippen molar-refractivity contribution in [3.8, 4) is 0 Å². The summed E-state index contributed by atoms with van der Waals surface area (Å²) >= 11 is 0.